The minimum atomic E-state index is -1.19. The van der Waals surface area contributed by atoms with Crippen LogP contribution in [0.1, 0.15) is 21.0 Å². The molecule has 0 aliphatic carbocycles. The number of aromatic carboxylic acids is 1. The van der Waals surface area contributed by atoms with Crippen LogP contribution in [-0.4, -0.2) is 58.0 Å². The average molecular weight is 330 g/mol. The zero-order valence-corrected chi connectivity index (χ0v) is 12.7. The van der Waals surface area contributed by atoms with Crippen LogP contribution in [0.3, 0.4) is 0 Å². The number of aromatic nitrogens is 2. The Morgan fingerprint density at radius 1 is 0.958 bits per heavy atom. The van der Waals surface area contributed by atoms with Crippen molar-refractivity contribution in [2.45, 2.75) is 0 Å². The number of rotatable bonds is 3. The summed E-state index contributed by atoms with van der Waals surface area (Å²) in [4.78, 5) is 34.4. The first-order valence-electron chi connectivity index (χ1n) is 7.40. The Labute approximate surface area is 137 Å². The lowest BCUT2D eigenvalue weighted by molar-refractivity contribution is 0.0684. The number of benzene rings is 1. The van der Waals surface area contributed by atoms with Crippen molar-refractivity contribution in [2.75, 3.05) is 31.1 Å². The van der Waals surface area contributed by atoms with Crippen LogP contribution < -0.4 is 4.90 Å². The molecule has 2 aromatic rings. The van der Waals surface area contributed by atoms with Gasteiger partial charge in [-0.3, -0.25) is 4.79 Å². The van der Waals surface area contributed by atoms with Crippen LogP contribution in [0.25, 0.3) is 0 Å². The van der Waals surface area contributed by atoms with Crippen molar-refractivity contribution < 1.29 is 19.1 Å². The molecule has 1 aliphatic heterocycles. The van der Waals surface area contributed by atoms with E-state index >= 15 is 0 Å². The van der Waals surface area contributed by atoms with Crippen LogP contribution in [-0.2, 0) is 0 Å². The number of piperazine rings is 1. The molecule has 0 atom stereocenters. The van der Waals surface area contributed by atoms with Gasteiger partial charge < -0.3 is 14.9 Å². The maximum absolute atomic E-state index is 13.0. The first kappa shape index (κ1) is 15.9. The van der Waals surface area contributed by atoms with E-state index in [1.54, 1.807) is 17.0 Å². The van der Waals surface area contributed by atoms with Gasteiger partial charge in [0.1, 0.15) is 11.5 Å². The number of carboxylic acid groups (broad SMARTS) is 1. The molecule has 3 rings (SSSR count). The standard InChI is InChI=1S/C16H15FN4O3/c17-11-1-3-12(4-2-11)20-5-7-21(8-6-20)15(22)13-9-19-14(10-18-13)16(23)24/h1-4,9-10H,5-8H2,(H,23,24). The van der Waals surface area contributed by atoms with Gasteiger partial charge in [0.15, 0.2) is 5.69 Å². The van der Waals surface area contributed by atoms with Gasteiger partial charge in [-0.15, -0.1) is 0 Å². The molecule has 0 radical (unpaired) electrons. The maximum Gasteiger partial charge on any atom is 0.356 e. The Kier molecular flexibility index (Phi) is 4.37. The molecule has 1 fully saturated rings. The van der Waals surface area contributed by atoms with Crippen LogP contribution in [0.2, 0.25) is 0 Å². The first-order valence-corrected chi connectivity index (χ1v) is 7.40. The third-order valence-electron chi connectivity index (χ3n) is 3.85. The number of hydrogen-bond acceptors (Lipinski definition) is 5. The predicted octanol–water partition coefficient (Wildman–Crippen LogP) is 1.28. The third kappa shape index (κ3) is 3.32. The van der Waals surface area contributed by atoms with E-state index < -0.39 is 5.97 Å². The van der Waals surface area contributed by atoms with Gasteiger partial charge in [-0.25, -0.2) is 19.2 Å². The van der Waals surface area contributed by atoms with Crippen molar-refractivity contribution in [3.63, 3.8) is 0 Å². The number of halogens is 1. The SMILES string of the molecule is O=C(O)c1cnc(C(=O)N2CCN(c3ccc(F)cc3)CC2)cn1. The molecule has 1 N–H and O–H groups in total. The van der Waals surface area contributed by atoms with Crippen LogP contribution in [0, 0.1) is 5.82 Å². The second kappa shape index (κ2) is 6.61. The highest BCUT2D eigenvalue weighted by Gasteiger charge is 2.23. The number of hydrogen-bond donors (Lipinski definition) is 1. The fraction of sp³-hybridized carbons (Fsp3) is 0.250. The van der Waals surface area contributed by atoms with Crippen molar-refractivity contribution in [2.24, 2.45) is 0 Å². The highest BCUT2D eigenvalue weighted by molar-refractivity contribution is 5.93. The molecule has 2 heterocycles. The molecular formula is C16H15FN4O3. The Morgan fingerprint density at radius 3 is 2.08 bits per heavy atom. The number of carbonyl (C=O) groups excluding carboxylic acids is 1. The van der Waals surface area contributed by atoms with E-state index in [2.05, 4.69) is 14.9 Å². The summed E-state index contributed by atoms with van der Waals surface area (Å²) >= 11 is 0. The van der Waals surface area contributed by atoms with E-state index in [-0.39, 0.29) is 23.1 Å². The van der Waals surface area contributed by atoms with Gasteiger partial charge in [-0.1, -0.05) is 0 Å². The maximum atomic E-state index is 13.0. The normalized spacial score (nSPS) is 14.5. The van der Waals surface area contributed by atoms with E-state index in [1.807, 2.05) is 0 Å². The van der Waals surface area contributed by atoms with Crippen molar-refractivity contribution in [3.05, 3.63) is 53.9 Å². The molecule has 0 unspecified atom stereocenters. The number of carbonyl (C=O) groups is 2. The molecule has 24 heavy (non-hydrogen) atoms. The summed E-state index contributed by atoms with van der Waals surface area (Å²) in [6.07, 6.45) is 2.25. The molecule has 7 nitrogen and oxygen atoms in total. The quantitative estimate of drug-likeness (QED) is 0.912. The molecule has 0 bridgehead atoms. The minimum Gasteiger partial charge on any atom is -0.476 e. The Morgan fingerprint density at radius 2 is 1.54 bits per heavy atom. The molecule has 8 heteroatoms. The van der Waals surface area contributed by atoms with Crippen LogP contribution in [0.5, 0.6) is 0 Å². The van der Waals surface area contributed by atoms with E-state index in [9.17, 15) is 14.0 Å². The summed E-state index contributed by atoms with van der Waals surface area (Å²) in [5.74, 6) is -1.75. The van der Waals surface area contributed by atoms with Crippen molar-refractivity contribution >= 4 is 17.6 Å². The van der Waals surface area contributed by atoms with E-state index in [0.29, 0.717) is 26.2 Å². The second-order valence-corrected chi connectivity index (χ2v) is 5.35. The molecule has 1 aromatic heterocycles. The second-order valence-electron chi connectivity index (χ2n) is 5.35. The van der Waals surface area contributed by atoms with Crippen molar-refractivity contribution in [1.82, 2.24) is 14.9 Å². The summed E-state index contributed by atoms with van der Waals surface area (Å²) in [7, 11) is 0. The molecule has 1 saturated heterocycles. The Bertz CT molecular complexity index is 741. The van der Waals surface area contributed by atoms with E-state index in [1.165, 1.54) is 18.3 Å². The molecule has 0 spiro atoms. The summed E-state index contributed by atoms with van der Waals surface area (Å²) in [5, 5.41) is 8.79. The summed E-state index contributed by atoms with van der Waals surface area (Å²) < 4.78 is 13.0. The Balaban J connectivity index is 1.62. The van der Waals surface area contributed by atoms with Gasteiger partial charge in [-0.05, 0) is 24.3 Å². The van der Waals surface area contributed by atoms with Crippen LogP contribution >= 0.6 is 0 Å². The number of amides is 1. The highest BCUT2D eigenvalue weighted by Crippen LogP contribution is 2.17. The lowest BCUT2D eigenvalue weighted by Crippen LogP contribution is -2.49. The van der Waals surface area contributed by atoms with Crippen LogP contribution in [0.15, 0.2) is 36.7 Å². The molecule has 1 aliphatic rings. The fourth-order valence-electron chi connectivity index (χ4n) is 2.53. The van der Waals surface area contributed by atoms with Gasteiger partial charge in [-0.2, -0.15) is 0 Å². The lowest BCUT2D eigenvalue weighted by Gasteiger charge is -2.35. The Hall–Kier alpha value is -3.03. The monoisotopic (exact) mass is 330 g/mol. The molecule has 0 saturated carbocycles. The summed E-state index contributed by atoms with van der Waals surface area (Å²) in [6, 6.07) is 6.24. The van der Waals surface area contributed by atoms with Gasteiger partial charge in [0.25, 0.3) is 5.91 Å². The average Bonchev–Trinajstić information content (AvgIpc) is 2.62. The summed E-state index contributed by atoms with van der Waals surface area (Å²) in [6.45, 7) is 2.24. The number of carboxylic acids is 1. The third-order valence-corrected chi connectivity index (χ3v) is 3.85. The van der Waals surface area contributed by atoms with E-state index in [4.69, 9.17) is 5.11 Å². The first-order chi connectivity index (χ1) is 11.5. The van der Waals surface area contributed by atoms with E-state index in [0.717, 1.165) is 11.9 Å². The molecular weight excluding hydrogens is 315 g/mol. The topological polar surface area (TPSA) is 86.6 Å². The summed E-state index contributed by atoms with van der Waals surface area (Å²) in [5.41, 5.74) is 0.831. The highest BCUT2D eigenvalue weighted by atomic mass is 19.1. The zero-order chi connectivity index (χ0) is 17.1. The largest absolute Gasteiger partial charge is 0.476 e. The zero-order valence-electron chi connectivity index (χ0n) is 12.7. The van der Waals surface area contributed by atoms with Crippen LogP contribution in [0.4, 0.5) is 10.1 Å². The van der Waals surface area contributed by atoms with Crippen molar-refractivity contribution in [1.29, 1.82) is 0 Å². The van der Waals surface area contributed by atoms with Gasteiger partial charge in [0, 0.05) is 31.9 Å². The number of anilines is 1. The fourth-order valence-corrected chi connectivity index (χ4v) is 2.53. The number of nitrogens with zero attached hydrogens (tertiary/aromatic N) is 4. The van der Waals surface area contributed by atoms with Gasteiger partial charge >= 0.3 is 5.97 Å². The van der Waals surface area contributed by atoms with Crippen molar-refractivity contribution in [3.8, 4) is 0 Å². The smallest absolute Gasteiger partial charge is 0.356 e. The van der Waals surface area contributed by atoms with Gasteiger partial charge in [0.2, 0.25) is 0 Å². The van der Waals surface area contributed by atoms with Gasteiger partial charge in [0.05, 0.1) is 12.4 Å². The minimum absolute atomic E-state index is 0.121. The molecule has 1 amide bonds. The predicted molar refractivity (Wildman–Crippen MR) is 83.5 cm³/mol. The molecule has 124 valence electrons. The lowest BCUT2D eigenvalue weighted by atomic mass is 10.2. The molecule has 1 aromatic carbocycles.